The number of hydrogen-bond donors (Lipinski definition) is 0. The third kappa shape index (κ3) is 2.66. The average molecular weight is 358 g/mol. The van der Waals surface area contributed by atoms with Crippen LogP contribution in [0.25, 0.3) is 0 Å². The molecule has 2 atom stereocenters. The third-order valence-electron chi connectivity index (χ3n) is 6.63. The molecule has 0 aliphatic carbocycles. The van der Waals surface area contributed by atoms with Crippen LogP contribution in [0.2, 0.25) is 0 Å². The fourth-order valence-corrected chi connectivity index (χ4v) is 5.04. The Morgan fingerprint density at radius 3 is 2.46 bits per heavy atom. The number of likely N-dealkylation sites (tertiary alicyclic amines) is 3. The van der Waals surface area contributed by atoms with E-state index in [4.69, 9.17) is 0 Å². The van der Waals surface area contributed by atoms with Crippen LogP contribution in [0, 0.1) is 11.3 Å². The van der Waals surface area contributed by atoms with Gasteiger partial charge in [-0.25, -0.2) is 0 Å². The minimum Gasteiger partial charge on any atom is -0.347 e. The van der Waals surface area contributed by atoms with Gasteiger partial charge in [0.05, 0.1) is 5.41 Å². The SMILES string of the molecule is CC(C)N1C[C@H]2CN(C(=O)c3cccn3C)C[C@@]2(C(=O)N2CCCC2)C1. The van der Waals surface area contributed by atoms with Gasteiger partial charge in [-0.1, -0.05) is 0 Å². The highest BCUT2D eigenvalue weighted by Crippen LogP contribution is 2.45. The molecule has 2 amide bonds. The number of nitrogens with zero attached hydrogens (tertiary/aromatic N) is 4. The molecule has 6 nitrogen and oxygen atoms in total. The molecular formula is C20H30N4O2. The van der Waals surface area contributed by atoms with Crippen molar-refractivity contribution in [3.8, 4) is 0 Å². The van der Waals surface area contributed by atoms with E-state index in [0.29, 0.717) is 24.8 Å². The van der Waals surface area contributed by atoms with Crippen LogP contribution in [0.15, 0.2) is 18.3 Å². The normalized spacial score (nSPS) is 29.0. The van der Waals surface area contributed by atoms with Crippen molar-refractivity contribution < 1.29 is 9.59 Å². The van der Waals surface area contributed by atoms with Crippen molar-refractivity contribution in [2.24, 2.45) is 18.4 Å². The predicted octanol–water partition coefficient (Wildman–Crippen LogP) is 1.43. The van der Waals surface area contributed by atoms with E-state index < -0.39 is 5.41 Å². The summed E-state index contributed by atoms with van der Waals surface area (Å²) in [4.78, 5) is 32.9. The average Bonchev–Trinajstić information content (AvgIpc) is 3.36. The van der Waals surface area contributed by atoms with Crippen molar-refractivity contribution in [2.75, 3.05) is 39.3 Å². The summed E-state index contributed by atoms with van der Waals surface area (Å²) in [6.45, 7) is 9.08. The van der Waals surface area contributed by atoms with Gasteiger partial charge in [0.25, 0.3) is 5.91 Å². The Labute approximate surface area is 155 Å². The molecule has 6 heteroatoms. The molecule has 3 saturated heterocycles. The van der Waals surface area contributed by atoms with Crippen molar-refractivity contribution in [3.05, 3.63) is 24.0 Å². The van der Waals surface area contributed by atoms with Crippen molar-refractivity contribution in [1.82, 2.24) is 19.3 Å². The van der Waals surface area contributed by atoms with Crippen LogP contribution in [0.1, 0.15) is 37.2 Å². The molecule has 0 unspecified atom stereocenters. The topological polar surface area (TPSA) is 48.8 Å². The van der Waals surface area contributed by atoms with Gasteiger partial charge in [0.2, 0.25) is 5.91 Å². The third-order valence-corrected chi connectivity index (χ3v) is 6.63. The zero-order chi connectivity index (χ0) is 18.5. The van der Waals surface area contributed by atoms with E-state index in [9.17, 15) is 9.59 Å². The molecule has 142 valence electrons. The zero-order valence-electron chi connectivity index (χ0n) is 16.1. The Hall–Kier alpha value is -1.82. The van der Waals surface area contributed by atoms with Gasteiger partial charge in [-0.3, -0.25) is 14.5 Å². The van der Waals surface area contributed by atoms with Gasteiger partial charge in [0, 0.05) is 64.5 Å². The van der Waals surface area contributed by atoms with Crippen molar-refractivity contribution >= 4 is 11.8 Å². The minimum absolute atomic E-state index is 0.0524. The zero-order valence-corrected chi connectivity index (χ0v) is 16.1. The molecule has 26 heavy (non-hydrogen) atoms. The Morgan fingerprint density at radius 1 is 1.12 bits per heavy atom. The number of rotatable bonds is 3. The molecule has 1 aromatic heterocycles. The van der Waals surface area contributed by atoms with Gasteiger partial charge < -0.3 is 14.4 Å². The summed E-state index contributed by atoms with van der Waals surface area (Å²) in [5.41, 5.74) is 0.282. The molecule has 4 rings (SSSR count). The van der Waals surface area contributed by atoms with E-state index in [0.717, 1.165) is 39.0 Å². The van der Waals surface area contributed by atoms with Crippen LogP contribution in [0.5, 0.6) is 0 Å². The molecule has 4 heterocycles. The predicted molar refractivity (Wildman–Crippen MR) is 99.8 cm³/mol. The minimum atomic E-state index is -0.421. The molecule has 3 fully saturated rings. The fourth-order valence-electron chi connectivity index (χ4n) is 5.04. The van der Waals surface area contributed by atoms with Crippen LogP contribution >= 0.6 is 0 Å². The number of amides is 2. The second kappa shape index (κ2) is 6.41. The lowest BCUT2D eigenvalue weighted by molar-refractivity contribution is -0.141. The smallest absolute Gasteiger partial charge is 0.270 e. The van der Waals surface area contributed by atoms with E-state index in [1.807, 2.05) is 39.7 Å². The highest BCUT2D eigenvalue weighted by Gasteiger charge is 2.59. The number of aromatic nitrogens is 1. The molecule has 0 spiro atoms. The van der Waals surface area contributed by atoms with E-state index in [1.165, 1.54) is 0 Å². The summed E-state index contributed by atoms with van der Waals surface area (Å²) in [7, 11) is 1.90. The van der Waals surface area contributed by atoms with Gasteiger partial charge in [-0.05, 0) is 38.8 Å². The summed E-state index contributed by atoms with van der Waals surface area (Å²) >= 11 is 0. The van der Waals surface area contributed by atoms with Crippen LogP contribution < -0.4 is 0 Å². The van der Waals surface area contributed by atoms with E-state index in [1.54, 1.807) is 0 Å². The van der Waals surface area contributed by atoms with Crippen LogP contribution in [-0.2, 0) is 11.8 Å². The van der Waals surface area contributed by atoms with E-state index >= 15 is 0 Å². The molecular weight excluding hydrogens is 328 g/mol. The standard InChI is InChI=1S/C20H30N4O2/c1-15(2)23-11-16-12-24(18(25)17-7-6-8-21(17)3)14-20(16,13-23)19(26)22-9-4-5-10-22/h6-8,15-16H,4-5,9-14H2,1-3H3/t16-,20-/m0/s1. The highest BCUT2D eigenvalue weighted by atomic mass is 16.2. The number of fused-ring (bicyclic) bond motifs is 1. The molecule has 0 aromatic carbocycles. The first kappa shape index (κ1) is 17.6. The van der Waals surface area contributed by atoms with E-state index in [2.05, 4.69) is 18.7 Å². The van der Waals surface area contributed by atoms with Gasteiger partial charge in [-0.2, -0.15) is 0 Å². The van der Waals surface area contributed by atoms with E-state index in [-0.39, 0.29) is 17.7 Å². The Balaban J connectivity index is 1.60. The van der Waals surface area contributed by atoms with Crippen molar-refractivity contribution in [3.63, 3.8) is 0 Å². The molecule has 3 aliphatic rings. The monoisotopic (exact) mass is 358 g/mol. The van der Waals surface area contributed by atoms with Gasteiger partial charge in [-0.15, -0.1) is 0 Å². The lowest BCUT2D eigenvalue weighted by Crippen LogP contribution is -2.49. The summed E-state index contributed by atoms with van der Waals surface area (Å²) < 4.78 is 1.87. The Morgan fingerprint density at radius 2 is 1.85 bits per heavy atom. The maximum absolute atomic E-state index is 13.5. The van der Waals surface area contributed by atoms with Crippen LogP contribution in [0.4, 0.5) is 0 Å². The maximum Gasteiger partial charge on any atom is 0.270 e. The Bertz CT molecular complexity index is 706. The quantitative estimate of drug-likeness (QED) is 0.821. The highest BCUT2D eigenvalue weighted by molar-refractivity contribution is 5.94. The second-order valence-corrected chi connectivity index (χ2v) is 8.57. The van der Waals surface area contributed by atoms with Gasteiger partial charge in [0.1, 0.15) is 5.69 Å². The summed E-state index contributed by atoms with van der Waals surface area (Å²) in [5, 5.41) is 0. The number of aryl methyl sites for hydroxylation is 1. The second-order valence-electron chi connectivity index (χ2n) is 8.57. The molecule has 0 saturated carbocycles. The van der Waals surface area contributed by atoms with Gasteiger partial charge >= 0.3 is 0 Å². The maximum atomic E-state index is 13.5. The van der Waals surface area contributed by atoms with Crippen molar-refractivity contribution in [1.29, 1.82) is 0 Å². The summed E-state index contributed by atoms with van der Waals surface area (Å²) in [6.07, 6.45) is 4.11. The lowest BCUT2D eigenvalue weighted by atomic mass is 9.79. The van der Waals surface area contributed by atoms with Crippen LogP contribution in [0.3, 0.4) is 0 Å². The molecule has 0 radical (unpaired) electrons. The first-order chi connectivity index (χ1) is 12.4. The first-order valence-corrected chi connectivity index (χ1v) is 9.86. The molecule has 3 aliphatic heterocycles. The van der Waals surface area contributed by atoms with Crippen LogP contribution in [-0.4, -0.2) is 76.4 Å². The summed E-state index contributed by atoms with van der Waals surface area (Å²) in [6, 6.07) is 4.20. The molecule has 0 bridgehead atoms. The largest absolute Gasteiger partial charge is 0.347 e. The number of hydrogen-bond acceptors (Lipinski definition) is 3. The number of carbonyl (C=O) groups excluding carboxylic acids is 2. The summed E-state index contributed by atoms with van der Waals surface area (Å²) in [5.74, 6) is 0.573. The lowest BCUT2D eigenvalue weighted by Gasteiger charge is -2.33. The Kier molecular flexibility index (Phi) is 4.34. The number of carbonyl (C=O) groups is 2. The first-order valence-electron chi connectivity index (χ1n) is 9.86. The van der Waals surface area contributed by atoms with Crippen molar-refractivity contribution in [2.45, 2.75) is 32.7 Å². The molecule has 0 N–H and O–H groups in total. The van der Waals surface area contributed by atoms with Gasteiger partial charge in [0.15, 0.2) is 0 Å². The molecule has 1 aromatic rings. The fraction of sp³-hybridized carbons (Fsp3) is 0.700.